The number of furan rings is 1. The van der Waals surface area contributed by atoms with Crippen LogP contribution in [0.25, 0.3) is 11.6 Å². The molecule has 4 rings (SSSR count). The van der Waals surface area contributed by atoms with E-state index in [0.717, 1.165) is 23.8 Å². The van der Waals surface area contributed by atoms with Gasteiger partial charge in [0.15, 0.2) is 10.9 Å². The summed E-state index contributed by atoms with van der Waals surface area (Å²) in [6.07, 6.45) is 7.80. The van der Waals surface area contributed by atoms with Crippen LogP contribution in [0.4, 0.5) is 5.69 Å². The second-order valence-corrected chi connectivity index (χ2v) is 8.87. The van der Waals surface area contributed by atoms with Gasteiger partial charge in [-0.25, -0.2) is 0 Å². The maximum atomic E-state index is 12.4. The first-order valence-corrected chi connectivity index (χ1v) is 11.6. The highest BCUT2D eigenvalue weighted by Crippen LogP contribution is 2.35. The first-order chi connectivity index (χ1) is 15.2. The van der Waals surface area contributed by atoms with Crippen molar-refractivity contribution < 1.29 is 9.21 Å². The number of amides is 1. The van der Waals surface area contributed by atoms with Gasteiger partial charge in [0.2, 0.25) is 11.7 Å². The average molecular weight is 456 g/mol. The van der Waals surface area contributed by atoms with E-state index < -0.39 is 0 Å². The quantitative estimate of drug-likeness (QED) is 0.459. The van der Waals surface area contributed by atoms with E-state index in [0.29, 0.717) is 40.2 Å². The maximum absolute atomic E-state index is 12.4. The number of nitriles is 1. The highest BCUT2D eigenvalue weighted by Gasteiger charge is 2.25. The van der Waals surface area contributed by atoms with Gasteiger partial charge in [-0.15, -0.1) is 10.2 Å². The predicted molar refractivity (Wildman–Crippen MR) is 120 cm³/mol. The highest BCUT2D eigenvalue weighted by atomic mass is 35.5. The summed E-state index contributed by atoms with van der Waals surface area (Å²) in [5.74, 6) is 1.90. The van der Waals surface area contributed by atoms with E-state index in [9.17, 15) is 4.79 Å². The normalized spacial score (nSPS) is 14.3. The Bertz CT molecular complexity index is 1080. The molecule has 0 radical (unpaired) electrons. The largest absolute Gasteiger partial charge is 0.461 e. The molecule has 1 fully saturated rings. The van der Waals surface area contributed by atoms with Gasteiger partial charge in [0.25, 0.3) is 0 Å². The molecule has 0 spiro atoms. The van der Waals surface area contributed by atoms with Gasteiger partial charge in [0, 0.05) is 23.9 Å². The summed E-state index contributed by atoms with van der Waals surface area (Å²) in [5, 5.41) is 21.7. The number of halogens is 1. The summed E-state index contributed by atoms with van der Waals surface area (Å²) >= 11 is 7.55. The standard InChI is InChI=1S/C22H22ClN5O2S/c23-18-13-16(9-8-15(18)14-24)25-20(29)10-12-31-22-27-26-21(19-7-4-11-30-19)28(22)17-5-2-1-3-6-17/h4,7-9,11,13,17H,1-3,5-6,10,12H2,(H,25,29). The maximum Gasteiger partial charge on any atom is 0.225 e. The molecule has 1 saturated carbocycles. The first-order valence-electron chi connectivity index (χ1n) is 10.3. The Hall–Kier alpha value is -2.76. The Balaban J connectivity index is 1.41. The van der Waals surface area contributed by atoms with Crippen molar-refractivity contribution in [3.63, 3.8) is 0 Å². The molecule has 2 aromatic heterocycles. The number of carbonyl (C=O) groups excluding carboxylic acids is 1. The zero-order chi connectivity index (χ0) is 21.6. The van der Waals surface area contributed by atoms with Crippen molar-refractivity contribution in [1.82, 2.24) is 14.8 Å². The third kappa shape index (κ3) is 5.12. The summed E-state index contributed by atoms with van der Waals surface area (Å²) in [6.45, 7) is 0. The number of thioether (sulfide) groups is 1. The molecule has 0 saturated heterocycles. The van der Waals surface area contributed by atoms with Crippen molar-refractivity contribution >= 4 is 35.0 Å². The van der Waals surface area contributed by atoms with Crippen molar-refractivity contribution in [2.45, 2.75) is 49.7 Å². The Morgan fingerprint density at radius 1 is 1.29 bits per heavy atom. The van der Waals surface area contributed by atoms with E-state index in [-0.39, 0.29) is 5.91 Å². The molecule has 0 aliphatic heterocycles. The molecule has 160 valence electrons. The minimum Gasteiger partial charge on any atom is -0.461 e. The smallest absolute Gasteiger partial charge is 0.225 e. The minimum atomic E-state index is -0.122. The van der Waals surface area contributed by atoms with Crippen molar-refractivity contribution in [2.24, 2.45) is 0 Å². The monoisotopic (exact) mass is 455 g/mol. The van der Waals surface area contributed by atoms with Crippen LogP contribution in [0.2, 0.25) is 5.02 Å². The van der Waals surface area contributed by atoms with E-state index in [1.807, 2.05) is 18.2 Å². The van der Waals surface area contributed by atoms with E-state index in [1.165, 1.54) is 31.0 Å². The van der Waals surface area contributed by atoms with Gasteiger partial charge in [-0.1, -0.05) is 42.6 Å². The number of rotatable bonds is 7. The molecule has 1 aromatic carbocycles. The molecule has 2 heterocycles. The highest BCUT2D eigenvalue weighted by molar-refractivity contribution is 7.99. The summed E-state index contributed by atoms with van der Waals surface area (Å²) < 4.78 is 7.75. The van der Waals surface area contributed by atoms with Crippen LogP contribution < -0.4 is 5.32 Å². The van der Waals surface area contributed by atoms with Gasteiger partial charge < -0.3 is 9.73 Å². The molecule has 1 amide bonds. The van der Waals surface area contributed by atoms with Crippen LogP contribution >= 0.6 is 23.4 Å². The fraction of sp³-hybridized carbons (Fsp3) is 0.364. The second kappa shape index (κ2) is 10.0. The van der Waals surface area contributed by atoms with Crippen molar-refractivity contribution in [2.75, 3.05) is 11.1 Å². The number of aromatic nitrogens is 3. The van der Waals surface area contributed by atoms with Gasteiger partial charge in [-0.3, -0.25) is 9.36 Å². The molecule has 0 bridgehead atoms. The van der Waals surface area contributed by atoms with Crippen molar-refractivity contribution in [3.8, 4) is 17.7 Å². The third-order valence-electron chi connectivity index (χ3n) is 5.28. The van der Waals surface area contributed by atoms with Crippen molar-refractivity contribution in [3.05, 3.63) is 47.2 Å². The number of hydrogen-bond donors (Lipinski definition) is 1. The number of benzene rings is 1. The molecule has 7 nitrogen and oxygen atoms in total. The fourth-order valence-electron chi connectivity index (χ4n) is 3.76. The van der Waals surface area contributed by atoms with Crippen LogP contribution in [0.3, 0.4) is 0 Å². The molecule has 0 atom stereocenters. The van der Waals surface area contributed by atoms with E-state index >= 15 is 0 Å². The Labute approximate surface area is 189 Å². The molecule has 1 N–H and O–H groups in total. The summed E-state index contributed by atoms with van der Waals surface area (Å²) in [5.41, 5.74) is 0.953. The molecule has 3 aromatic rings. The van der Waals surface area contributed by atoms with E-state index in [1.54, 1.807) is 24.5 Å². The predicted octanol–water partition coefficient (Wildman–Crippen LogP) is 5.69. The number of nitrogens with one attached hydrogen (secondary N) is 1. The number of anilines is 1. The van der Waals surface area contributed by atoms with Crippen LogP contribution in [0, 0.1) is 11.3 Å². The number of carbonyl (C=O) groups is 1. The van der Waals surface area contributed by atoms with E-state index in [4.69, 9.17) is 21.3 Å². The van der Waals surface area contributed by atoms with Crippen molar-refractivity contribution in [1.29, 1.82) is 5.26 Å². The van der Waals surface area contributed by atoms with Crippen LogP contribution in [0.5, 0.6) is 0 Å². The van der Waals surface area contributed by atoms with E-state index in [2.05, 4.69) is 20.1 Å². The fourth-order valence-corrected chi connectivity index (χ4v) is 4.93. The van der Waals surface area contributed by atoms with Gasteiger partial charge in [0.05, 0.1) is 16.8 Å². The summed E-state index contributed by atoms with van der Waals surface area (Å²) in [7, 11) is 0. The van der Waals surface area contributed by atoms with Gasteiger partial charge in [0.1, 0.15) is 6.07 Å². The molecule has 0 unspecified atom stereocenters. The number of hydrogen-bond acceptors (Lipinski definition) is 6. The van der Waals surface area contributed by atoms with Crippen LogP contribution in [0.15, 0.2) is 46.2 Å². The molecule has 9 heteroatoms. The topological polar surface area (TPSA) is 96.7 Å². The average Bonchev–Trinajstić information content (AvgIpc) is 3.44. The molecular weight excluding hydrogens is 434 g/mol. The molecule has 1 aliphatic carbocycles. The third-order valence-corrected chi connectivity index (χ3v) is 6.54. The lowest BCUT2D eigenvalue weighted by molar-refractivity contribution is -0.115. The Morgan fingerprint density at radius 2 is 2.13 bits per heavy atom. The first kappa shape index (κ1) is 21.5. The van der Waals surface area contributed by atoms with Crippen LogP contribution in [-0.4, -0.2) is 26.4 Å². The molecule has 31 heavy (non-hydrogen) atoms. The zero-order valence-electron chi connectivity index (χ0n) is 16.9. The lowest BCUT2D eigenvalue weighted by Crippen LogP contribution is -2.16. The zero-order valence-corrected chi connectivity index (χ0v) is 18.5. The summed E-state index contributed by atoms with van der Waals surface area (Å²) in [4.78, 5) is 12.4. The van der Waals surface area contributed by atoms with Gasteiger partial charge >= 0.3 is 0 Å². The second-order valence-electron chi connectivity index (χ2n) is 7.40. The SMILES string of the molecule is N#Cc1ccc(NC(=O)CCSc2nnc(-c3ccco3)n2C2CCCCC2)cc1Cl. The van der Waals surface area contributed by atoms with Gasteiger partial charge in [-0.05, 0) is 43.2 Å². The van der Waals surface area contributed by atoms with Gasteiger partial charge in [-0.2, -0.15) is 5.26 Å². The molecule has 1 aliphatic rings. The van der Waals surface area contributed by atoms with Crippen LogP contribution in [0.1, 0.15) is 50.1 Å². The summed E-state index contributed by atoms with van der Waals surface area (Å²) in [6, 6.07) is 10.9. The molecular formula is C22H22ClN5O2S. The number of nitrogens with zero attached hydrogens (tertiary/aromatic N) is 4. The minimum absolute atomic E-state index is 0.122. The Kier molecular flexibility index (Phi) is 6.95. The Morgan fingerprint density at radius 3 is 2.84 bits per heavy atom. The lowest BCUT2D eigenvalue weighted by atomic mass is 9.95. The lowest BCUT2D eigenvalue weighted by Gasteiger charge is -2.25. The van der Waals surface area contributed by atoms with Crippen LogP contribution in [-0.2, 0) is 4.79 Å².